The van der Waals surface area contributed by atoms with E-state index >= 15 is 0 Å². The lowest BCUT2D eigenvalue weighted by Gasteiger charge is -2.27. The number of carbonyl (C=O) groups excluding carboxylic acids is 1. The Bertz CT molecular complexity index is 691. The molecule has 1 saturated carbocycles. The maximum absolute atomic E-state index is 12.2. The highest BCUT2D eigenvalue weighted by Gasteiger charge is 2.38. The fourth-order valence-electron chi connectivity index (χ4n) is 2.92. The summed E-state index contributed by atoms with van der Waals surface area (Å²) in [7, 11) is 0. The number of carboxylic acid groups (broad SMARTS) is 1. The highest BCUT2D eigenvalue weighted by atomic mass is 35.5. The molecule has 1 amide bonds. The van der Waals surface area contributed by atoms with Gasteiger partial charge >= 0.3 is 12.1 Å². The quantitative estimate of drug-likeness (QED) is 0.698. The number of rotatable bonds is 2. The van der Waals surface area contributed by atoms with Crippen molar-refractivity contribution < 1.29 is 32.6 Å². The highest BCUT2D eigenvalue weighted by molar-refractivity contribution is 6.30. The van der Waals surface area contributed by atoms with Crippen LogP contribution in [0.4, 0.5) is 13.2 Å². The van der Waals surface area contributed by atoms with Gasteiger partial charge in [0.05, 0.1) is 0 Å². The zero-order valence-electron chi connectivity index (χ0n) is 14.3. The van der Waals surface area contributed by atoms with E-state index in [1.54, 1.807) is 6.07 Å². The van der Waals surface area contributed by atoms with Crippen LogP contribution in [-0.2, 0) is 16.0 Å². The topological polar surface area (TPSA) is 102 Å². The first-order valence-corrected chi connectivity index (χ1v) is 8.75. The van der Waals surface area contributed by atoms with Crippen molar-refractivity contribution >= 4 is 23.5 Å². The second-order valence-corrected chi connectivity index (χ2v) is 6.92. The van der Waals surface area contributed by atoms with Gasteiger partial charge in [-0.15, -0.1) is 0 Å². The second-order valence-electron chi connectivity index (χ2n) is 6.49. The van der Waals surface area contributed by atoms with E-state index in [1.807, 2.05) is 12.1 Å². The van der Waals surface area contributed by atoms with E-state index in [0.717, 1.165) is 37.0 Å². The first kappa shape index (κ1) is 21.3. The largest absolute Gasteiger partial charge is 0.490 e. The van der Waals surface area contributed by atoms with Crippen LogP contribution in [0.3, 0.4) is 0 Å². The number of ether oxygens (including phenoxy) is 1. The summed E-state index contributed by atoms with van der Waals surface area (Å²) in [4.78, 5) is 21.1. The lowest BCUT2D eigenvalue weighted by atomic mass is 9.91. The number of nitrogens with one attached hydrogen (secondary N) is 1. The molecule has 3 rings (SSSR count). The number of hydrogen-bond acceptors (Lipinski definition) is 4. The van der Waals surface area contributed by atoms with Gasteiger partial charge in [0, 0.05) is 23.5 Å². The van der Waals surface area contributed by atoms with Gasteiger partial charge in [0.25, 0.3) is 5.91 Å². The molecule has 10 heteroatoms. The number of nitrogens with two attached hydrogens (primary N) is 1. The Morgan fingerprint density at radius 2 is 1.81 bits per heavy atom. The number of carboxylic acids is 1. The minimum Gasteiger partial charge on any atom is -0.480 e. The lowest BCUT2D eigenvalue weighted by molar-refractivity contribution is -0.192. The van der Waals surface area contributed by atoms with Crippen LogP contribution >= 0.6 is 11.6 Å². The van der Waals surface area contributed by atoms with Crippen LogP contribution in [0.15, 0.2) is 18.2 Å². The molecule has 1 fully saturated rings. The standard InChI is InChI=1S/C15H19ClN2O2.C2HF3O2/c16-10-1-6-13-9(7-10)8-14(20-13)15(19)18-12-4-2-11(17)3-5-12;3-2(4,5)1(6)7/h1,6-7,11-12,14H,2-5,8,17H2,(H,18,19);(H,6,7)/t11-,12-,14?;. The normalized spacial score (nSPS) is 24.1. The van der Waals surface area contributed by atoms with Gasteiger partial charge in [0.1, 0.15) is 5.75 Å². The Labute approximate surface area is 158 Å². The van der Waals surface area contributed by atoms with Gasteiger partial charge in [-0.3, -0.25) is 4.79 Å². The SMILES string of the molecule is N[C@H]1CC[C@H](NC(=O)C2Cc3cc(Cl)ccc3O2)CC1.O=C(O)C(F)(F)F. The minimum absolute atomic E-state index is 0.0298. The van der Waals surface area contributed by atoms with Crippen LogP contribution in [0.2, 0.25) is 5.02 Å². The number of hydrogen-bond donors (Lipinski definition) is 3. The predicted molar refractivity (Wildman–Crippen MR) is 91.6 cm³/mol. The van der Waals surface area contributed by atoms with Crippen LogP contribution in [0, 0.1) is 0 Å². The number of halogens is 4. The molecule has 0 saturated heterocycles. The summed E-state index contributed by atoms with van der Waals surface area (Å²) in [6.07, 6.45) is -1.05. The van der Waals surface area contributed by atoms with Crippen molar-refractivity contribution in [3.63, 3.8) is 0 Å². The average Bonchev–Trinajstić information content (AvgIpc) is 3.00. The van der Waals surface area contributed by atoms with Crippen LogP contribution in [-0.4, -0.2) is 41.3 Å². The molecule has 1 heterocycles. The van der Waals surface area contributed by atoms with E-state index in [2.05, 4.69) is 5.32 Å². The Kier molecular flexibility index (Phi) is 6.94. The summed E-state index contributed by atoms with van der Waals surface area (Å²) in [6.45, 7) is 0. The van der Waals surface area contributed by atoms with Crippen LogP contribution < -0.4 is 15.8 Å². The van der Waals surface area contributed by atoms with Gasteiger partial charge in [-0.2, -0.15) is 13.2 Å². The highest BCUT2D eigenvalue weighted by Crippen LogP contribution is 2.31. The fourth-order valence-corrected chi connectivity index (χ4v) is 3.12. The molecule has 0 bridgehead atoms. The van der Waals surface area contributed by atoms with E-state index in [1.165, 1.54) is 0 Å². The molecule has 1 aliphatic heterocycles. The molecule has 1 unspecified atom stereocenters. The van der Waals surface area contributed by atoms with Crippen LogP contribution in [0.25, 0.3) is 0 Å². The van der Waals surface area contributed by atoms with Gasteiger partial charge in [-0.1, -0.05) is 11.6 Å². The van der Waals surface area contributed by atoms with Crippen molar-refractivity contribution in [2.24, 2.45) is 5.73 Å². The molecule has 0 spiro atoms. The molecule has 27 heavy (non-hydrogen) atoms. The maximum atomic E-state index is 12.2. The van der Waals surface area contributed by atoms with Crippen molar-refractivity contribution in [3.8, 4) is 5.75 Å². The molecular weight excluding hydrogens is 389 g/mol. The molecule has 0 aromatic heterocycles. The molecule has 0 radical (unpaired) electrons. The fraction of sp³-hybridized carbons (Fsp3) is 0.529. The van der Waals surface area contributed by atoms with Crippen LogP contribution in [0.5, 0.6) is 5.75 Å². The lowest BCUT2D eigenvalue weighted by Crippen LogP contribution is -2.45. The third kappa shape index (κ3) is 6.28. The van der Waals surface area contributed by atoms with Crippen LogP contribution in [0.1, 0.15) is 31.2 Å². The van der Waals surface area contributed by atoms with Gasteiger partial charge in [0.15, 0.2) is 6.10 Å². The molecular formula is C17H20ClF3N2O4. The first-order chi connectivity index (χ1) is 12.6. The van der Waals surface area contributed by atoms with Crippen molar-refractivity contribution in [1.29, 1.82) is 0 Å². The van der Waals surface area contributed by atoms with Gasteiger partial charge < -0.3 is 20.9 Å². The van der Waals surface area contributed by atoms with Crippen molar-refractivity contribution in [1.82, 2.24) is 5.32 Å². The molecule has 150 valence electrons. The van der Waals surface area contributed by atoms with Gasteiger partial charge in [0.2, 0.25) is 0 Å². The molecule has 1 aliphatic carbocycles. The molecule has 1 aromatic rings. The number of benzene rings is 1. The maximum Gasteiger partial charge on any atom is 0.490 e. The average molecular weight is 409 g/mol. The Hall–Kier alpha value is -2.00. The van der Waals surface area contributed by atoms with E-state index < -0.39 is 18.2 Å². The number of fused-ring (bicyclic) bond motifs is 1. The smallest absolute Gasteiger partial charge is 0.480 e. The number of amides is 1. The van der Waals surface area contributed by atoms with Crippen molar-refractivity contribution in [2.75, 3.05) is 0 Å². The summed E-state index contributed by atoms with van der Waals surface area (Å²) < 4.78 is 37.4. The molecule has 4 N–H and O–H groups in total. The van der Waals surface area contributed by atoms with E-state index in [0.29, 0.717) is 11.4 Å². The van der Waals surface area contributed by atoms with E-state index in [-0.39, 0.29) is 18.0 Å². The molecule has 1 atom stereocenters. The second kappa shape index (κ2) is 8.79. The van der Waals surface area contributed by atoms with E-state index in [9.17, 15) is 18.0 Å². The van der Waals surface area contributed by atoms with Gasteiger partial charge in [-0.05, 0) is 49.4 Å². The summed E-state index contributed by atoms with van der Waals surface area (Å²) in [5, 5.41) is 10.9. The third-order valence-corrected chi connectivity index (χ3v) is 4.59. The Balaban J connectivity index is 0.000000321. The number of alkyl halides is 3. The van der Waals surface area contributed by atoms with Gasteiger partial charge in [-0.25, -0.2) is 4.79 Å². The third-order valence-electron chi connectivity index (χ3n) is 4.35. The summed E-state index contributed by atoms with van der Waals surface area (Å²) >= 11 is 5.95. The Morgan fingerprint density at radius 1 is 1.22 bits per heavy atom. The van der Waals surface area contributed by atoms with E-state index in [4.69, 9.17) is 32.0 Å². The molecule has 1 aromatic carbocycles. The Morgan fingerprint density at radius 3 is 2.37 bits per heavy atom. The first-order valence-electron chi connectivity index (χ1n) is 8.37. The minimum atomic E-state index is -5.08. The predicted octanol–water partition coefficient (Wildman–Crippen LogP) is 2.66. The zero-order valence-corrected chi connectivity index (χ0v) is 15.0. The zero-order chi connectivity index (χ0) is 20.2. The number of carbonyl (C=O) groups is 2. The molecule has 6 nitrogen and oxygen atoms in total. The summed E-state index contributed by atoms with van der Waals surface area (Å²) in [6, 6.07) is 5.99. The van der Waals surface area contributed by atoms with Crippen molar-refractivity contribution in [3.05, 3.63) is 28.8 Å². The monoisotopic (exact) mass is 408 g/mol. The molecule has 2 aliphatic rings. The summed E-state index contributed by atoms with van der Waals surface area (Å²) in [5.41, 5.74) is 6.87. The number of aliphatic carboxylic acids is 1. The van der Waals surface area contributed by atoms with Crippen molar-refractivity contribution in [2.45, 2.75) is 56.5 Å². The summed E-state index contributed by atoms with van der Waals surface area (Å²) in [5.74, 6) is -2.02.